The van der Waals surface area contributed by atoms with E-state index < -0.39 is 0 Å². The molecule has 0 spiro atoms. The summed E-state index contributed by atoms with van der Waals surface area (Å²) in [6.45, 7) is 6.85. The number of aryl methyl sites for hydroxylation is 1. The first kappa shape index (κ1) is 15.8. The first-order valence-corrected chi connectivity index (χ1v) is 8.80. The van der Waals surface area contributed by atoms with Gasteiger partial charge in [0, 0.05) is 43.8 Å². The fourth-order valence-electron chi connectivity index (χ4n) is 2.80. The number of thiazole rings is 1. The number of nitrogens with one attached hydrogen (secondary N) is 1. The van der Waals surface area contributed by atoms with Crippen LogP contribution in [0.1, 0.15) is 10.6 Å². The summed E-state index contributed by atoms with van der Waals surface area (Å²) in [4.78, 5) is 14.8. The number of rotatable bonds is 3. The highest BCUT2D eigenvalue weighted by Gasteiger charge is 2.19. The number of nitrogens with zero attached hydrogens (tertiary/aromatic N) is 4. The minimum absolute atomic E-state index is 0.794. The summed E-state index contributed by atoms with van der Waals surface area (Å²) in [6.07, 6.45) is 0. The van der Waals surface area contributed by atoms with Crippen molar-refractivity contribution in [1.82, 2.24) is 15.2 Å². The molecular formula is C17H23N5S. The normalized spacial score (nSPS) is 15.8. The van der Waals surface area contributed by atoms with Gasteiger partial charge in [0.1, 0.15) is 0 Å². The fourth-order valence-corrected chi connectivity index (χ4v) is 3.52. The molecule has 0 amide bonds. The Morgan fingerprint density at radius 2 is 1.96 bits per heavy atom. The number of benzene rings is 1. The molecule has 1 aromatic heterocycles. The Morgan fingerprint density at radius 3 is 2.57 bits per heavy atom. The van der Waals surface area contributed by atoms with Crippen molar-refractivity contribution in [3.05, 3.63) is 46.4 Å². The fraction of sp³-hybridized carbons (Fsp3) is 0.412. The summed E-state index contributed by atoms with van der Waals surface area (Å²) >= 11 is 1.69. The van der Waals surface area contributed by atoms with Crippen molar-refractivity contribution in [3.63, 3.8) is 0 Å². The van der Waals surface area contributed by atoms with Crippen LogP contribution in [0.4, 0.5) is 5.69 Å². The van der Waals surface area contributed by atoms with E-state index in [-0.39, 0.29) is 0 Å². The molecule has 1 N–H and O–H groups in total. The molecule has 2 heterocycles. The molecule has 0 radical (unpaired) electrons. The SMILES string of the molecule is CN=C(NCc1scnc1C)N1CCN(c2ccccc2)CC1. The molecule has 3 rings (SSSR count). The van der Waals surface area contributed by atoms with Gasteiger partial charge in [-0.15, -0.1) is 11.3 Å². The van der Waals surface area contributed by atoms with Gasteiger partial charge < -0.3 is 15.1 Å². The molecule has 1 aliphatic rings. The van der Waals surface area contributed by atoms with E-state index in [2.05, 4.69) is 62.3 Å². The lowest BCUT2D eigenvalue weighted by molar-refractivity contribution is 0.372. The van der Waals surface area contributed by atoms with Crippen LogP contribution in [0.3, 0.4) is 0 Å². The van der Waals surface area contributed by atoms with Crippen LogP contribution in [0.25, 0.3) is 0 Å². The zero-order valence-corrected chi connectivity index (χ0v) is 14.5. The highest BCUT2D eigenvalue weighted by Crippen LogP contribution is 2.16. The van der Waals surface area contributed by atoms with E-state index in [1.54, 1.807) is 11.3 Å². The maximum absolute atomic E-state index is 4.44. The van der Waals surface area contributed by atoms with E-state index >= 15 is 0 Å². The van der Waals surface area contributed by atoms with Crippen LogP contribution < -0.4 is 10.2 Å². The first-order chi connectivity index (χ1) is 11.3. The van der Waals surface area contributed by atoms with E-state index in [0.717, 1.165) is 44.4 Å². The van der Waals surface area contributed by atoms with E-state index in [4.69, 9.17) is 0 Å². The summed E-state index contributed by atoms with van der Waals surface area (Å²) in [5.74, 6) is 0.977. The third-order valence-corrected chi connectivity index (χ3v) is 5.10. The zero-order valence-electron chi connectivity index (χ0n) is 13.7. The number of hydrogen-bond donors (Lipinski definition) is 1. The predicted octanol–water partition coefficient (Wildman–Crippen LogP) is 2.35. The molecule has 23 heavy (non-hydrogen) atoms. The van der Waals surface area contributed by atoms with E-state index in [1.807, 2.05) is 12.6 Å². The van der Waals surface area contributed by atoms with Crippen molar-refractivity contribution < 1.29 is 0 Å². The van der Waals surface area contributed by atoms with E-state index in [1.165, 1.54) is 10.6 Å². The second-order valence-electron chi connectivity index (χ2n) is 5.57. The highest BCUT2D eigenvalue weighted by atomic mass is 32.1. The minimum Gasteiger partial charge on any atom is -0.368 e. The molecule has 2 aromatic rings. The van der Waals surface area contributed by atoms with Gasteiger partial charge in [-0.05, 0) is 19.1 Å². The molecule has 0 unspecified atom stereocenters. The Labute approximate surface area is 141 Å². The monoisotopic (exact) mass is 329 g/mol. The number of para-hydroxylation sites is 1. The Hall–Kier alpha value is -2.08. The molecule has 0 aliphatic carbocycles. The second kappa shape index (κ2) is 7.46. The maximum Gasteiger partial charge on any atom is 0.194 e. The van der Waals surface area contributed by atoms with Gasteiger partial charge in [-0.1, -0.05) is 18.2 Å². The van der Waals surface area contributed by atoms with Crippen LogP contribution >= 0.6 is 11.3 Å². The van der Waals surface area contributed by atoms with Crippen molar-refractivity contribution >= 4 is 23.0 Å². The number of guanidine groups is 1. The molecule has 0 bridgehead atoms. The predicted molar refractivity (Wildman–Crippen MR) is 97.3 cm³/mol. The van der Waals surface area contributed by atoms with Gasteiger partial charge in [0.2, 0.25) is 0 Å². The molecule has 1 aliphatic heterocycles. The van der Waals surface area contributed by atoms with Gasteiger partial charge in [0.05, 0.1) is 17.7 Å². The van der Waals surface area contributed by atoms with Crippen LogP contribution in [-0.4, -0.2) is 49.1 Å². The van der Waals surface area contributed by atoms with Gasteiger partial charge in [0.25, 0.3) is 0 Å². The number of hydrogen-bond acceptors (Lipinski definition) is 4. The largest absolute Gasteiger partial charge is 0.368 e. The molecule has 0 saturated carbocycles. The topological polar surface area (TPSA) is 43.8 Å². The quantitative estimate of drug-likeness (QED) is 0.693. The van der Waals surface area contributed by atoms with Crippen molar-refractivity contribution in [2.75, 3.05) is 38.1 Å². The van der Waals surface area contributed by atoms with Crippen LogP contribution in [-0.2, 0) is 6.54 Å². The smallest absolute Gasteiger partial charge is 0.194 e. The van der Waals surface area contributed by atoms with Crippen LogP contribution in [0, 0.1) is 6.92 Å². The molecule has 1 aromatic carbocycles. The minimum atomic E-state index is 0.794. The Kier molecular flexibility index (Phi) is 5.12. The number of piperazine rings is 1. The van der Waals surface area contributed by atoms with Crippen molar-refractivity contribution in [3.8, 4) is 0 Å². The number of aliphatic imine (C=N–C) groups is 1. The van der Waals surface area contributed by atoms with E-state index in [0.29, 0.717) is 0 Å². The lowest BCUT2D eigenvalue weighted by atomic mass is 10.2. The van der Waals surface area contributed by atoms with Crippen LogP contribution in [0.2, 0.25) is 0 Å². The Bertz CT molecular complexity index is 644. The lowest BCUT2D eigenvalue weighted by Crippen LogP contribution is -2.52. The Balaban J connectivity index is 1.54. The summed E-state index contributed by atoms with van der Waals surface area (Å²) in [5, 5.41) is 3.46. The number of anilines is 1. The summed E-state index contributed by atoms with van der Waals surface area (Å²) < 4.78 is 0. The highest BCUT2D eigenvalue weighted by molar-refractivity contribution is 7.09. The van der Waals surface area contributed by atoms with Crippen LogP contribution in [0.15, 0.2) is 40.8 Å². The van der Waals surface area contributed by atoms with Crippen molar-refractivity contribution in [2.24, 2.45) is 4.99 Å². The second-order valence-corrected chi connectivity index (χ2v) is 6.51. The average molecular weight is 329 g/mol. The summed E-state index contributed by atoms with van der Waals surface area (Å²) in [7, 11) is 1.85. The van der Waals surface area contributed by atoms with Gasteiger partial charge in [-0.25, -0.2) is 4.98 Å². The molecule has 5 nitrogen and oxygen atoms in total. The van der Waals surface area contributed by atoms with Gasteiger partial charge in [-0.2, -0.15) is 0 Å². The molecule has 1 fully saturated rings. The number of aromatic nitrogens is 1. The zero-order chi connectivity index (χ0) is 16.1. The van der Waals surface area contributed by atoms with E-state index in [9.17, 15) is 0 Å². The maximum atomic E-state index is 4.44. The van der Waals surface area contributed by atoms with Crippen molar-refractivity contribution in [1.29, 1.82) is 0 Å². The molecule has 0 atom stereocenters. The lowest BCUT2D eigenvalue weighted by Gasteiger charge is -2.37. The van der Waals surface area contributed by atoms with Gasteiger partial charge in [-0.3, -0.25) is 4.99 Å². The molecular weight excluding hydrogens is 306 g/mol. The molecule has 1 saturated heterocycles. The first-order valence-electron chi connectivity index (χ1n) is 7.92. The standard InChI is InChI=1S/C17H23N5S/c1-14-16(23-13-20-14)12-19-17(18-2)22-10-8-21(9-11-22)15-6-4-3-5-7-15/h3-7,13H,8-12H2,1-2H3,(H,18,19). The average Bonchev–Trinajstić information content (AvgIpc) is 3.02. The third kappa shape index (κ3) is 3.82. The summed E-state index contributed by atoms with van der Waals surface area (Å²) in [6, 6.07) is 10.6. The summed E-state index contributed by atoms with van der Waals surface area (Å²) in [5.41, 5.74) is 4.30. The van der Waals surface area contributed by atoms with Crippen LogP contribution in [0.5, 0.6) is 0 Å². The van der Waals surface area contributed by atoms with Gasteiger partial charge >= 0.3 is 0 Å². The third-order valence-electron chi connectivity index (χ3n) is 4.16. The Morgan fingerprint density at radius 1 is 1.22 bits per heavy atom. The van der Waals surface area contributed by atoms with Gasteiger partial charge in [0.15, 0.2) is 5.96 Å². The molecule has 6 heteroatoms. The molecule has 122 valence electrons. The van der Waals surface area contributed by atoms with Crippen molar-refractivity contribution in [2.45, 2.75) is 13.5 Å².